The standard InChI is InChI=1S/C21H20N2O4/c1-26-14-9-10-18(19(11-14)27-2)22-20(24)17-12-23(13-7-8-13)21(25)16-6-4-3-5-15(16)17/h3-6,9-13H,7-8H2,1-2H3,(H,22,24). The smallest absolute Gasteiger partial charge is 0.258 e. The van der Waals surface area contributed by atoms with Gasteiger partial charge in [-0.3, -0.25) is 9.59 Å². The number of amides is 1. The fourth-order valence-corrected chi connectivity index (χ4v) is 3.21. The molecule has 0 saturated heterocycles. The van der Waals surface area contributed by atoms with Gasteiger partial charge in [0.2, 0.25) is 0 Å². The summed E-state index contributed by atoms with van der Waals surface area (Å²) in [6.45, 7) is 0. The largest absolute Gasteiger partial charge is 0.497 e. The molecule has 1 aromatic heterocycles. The van der Waals surface area contributed by atoms with Gasteiger partial charge in [-0.2, -0.15) is 0 Å². The number of fused-ring (bicyclic) bond motifs is 1. The number of benzene rings is 2. The lowest BCUT2D eigenvalue weighted by Gasteiger charge is -2.14. The van der Waals surface area contributed by atoms with E-state index < -0.39 is 0 Å². The Kier molecular flexibility index (Phi) is 4.32. The lowest BCUT2D eigenvalue weighted by molar-refractivity contribution is 0.102. The number of rotatable bonds is 5. The number of pyridine rings is 1. The number of nitrogens with zero attached hydrogens (tertiary/aromatic N) is 1. The predicted octanol–water partition coefficient (Wildman–Crippen LogP) is 3.61. The van der Waals surface area contributed by atoms with Gasteiger partial charge in [0, 0.05) is 29.1 Å². The Hall–Kier alpha value is -3.28. The first-order valence-corrected chi connectivity index (χ1v) is 8.79. The van der Waals surface area contributed by atoms with Crippen molar-refractivity contribution in [3.63, 3.8) is 0 Å². The topological polar surface area (TPSA) is 69.6 Å². The van der Waals surface area contributed by atoms with E-state index in [-0.39, 0.29) is 17.5 Å². The number of carbonyl (C=O) groups excluding carboxylic acids is 1. The van der Waals surface area contributed by atoms with Crippen molar-refractivity contribution in [3.05, 3.63) is 64.6 Å². The van der Waals surface area contributed by atoms with Crippen molar-refractivity contribution in [1.29, 1.82) is 0 Å². The van der Waals surface area contributed by atoms with Gasteiger partial charge in [-0.25, -0.2) is 0 Å². The summed E-state index contributed by atoms with van der Waals surface area (Å²) in [6.07, 6.45) is 3.60. The zero-order valence-corrected chi connectivity index (χ0v) is 15.2. The third-order valence-electron chi connectivity index (χ3n) is 4.79. The number of hydrogen-bond acceptors (Lipinski definition) is 4. The molecular formula is C21H20N2O4. The molecule has 1 aliphatic rings. The second-order valence-corrected chi connectivity index (χ2v) is 6.55. The third-order valence-corrected chi connectivity index (χ3v) is 4.79. The second kappa shape index (κ2) is 6.79. The summed E-state index contributed by atoms with van der Waals surface area (Å²) in [5.41, 5.74) is 0.957. The van der Waals surface area contributed by atoms with Crippen LogP contribution in [-0.2, 0) is 0 Å². The molecule has 0 unspecified atom stereocenters. The summed E-state index contributed by atoms with van der Waals surface area (Å²) in [5.74, 6) is 0.851. The highest BCUT2D eigenvalue weighted by molar-refractivity contribution is 6.13. The molecule has 6 nitrogen and oxygen atoms in total. The number of anilines is 1. The van der Waals surface area contributed by atoms with Crippen LogP contribution in [0.5, 0.6) is 11.5 Å². The minimum absolute atomic E-state index is 0.0494. The number of aromatic nitrogens is 1. The van der Waals surface area contributed by atoms with E-state index in [1.807, 2.05) is 12.1 Å². The maximum absolute atomic E-state index is 13.0. The van der Waals surface area contributed by atoms with Crippen molar-refractivity contribution in [1.82, 2.24) is 4.57 Å². The zero-order valence-electron chi connectivity index (χ0n) is 15.2. The highest BCUT2D eigenvalue weighted by Gasteiger charge is 2.27. The zero-order chi connectivity index (χ0) is 19.0. The Morgan fingerprint density at radius 3 is 2.48 bits per heavy atom. The van der Waals surface area contributed by atoms with Crippen LogP contribution in [-0.4, -0.2) is 24.7 Å². The number of methoxy groups -OCH3 is 2. The number of ether oxygens (including phenoxy) is 2. The van der Waals surface area contributed by atoms with E-state index in [0.29, 0.717) is 33.5 Å². The van der Waals surface area contributed by atoms with Crippen LogP contribution in [0.3, 0.4) is 0 Å². The van der Waals surface area contributed by atoms with E-state index in [1.54, 1.807) is 48.2 Å². The Morgan fingerprint density at radius 1 is 1.07 bits per heavy atom. The molecule has 0 radical (unpaired) electrons. The number of nitrogens with one attached hydrogen (secondary N) is 1. The Morgan fingerprint density at radius 2 is 1.81 bits per heavy atom. The molecule has 1 heterocycles. The van der Waals surface area contributed by atoms with E-state index in [4.69, 9.17) is 9.47 Å². The summed E-state index contributed by atoms with van der Waals surface area (Å²) < 4.78 is 12.2. The molecule has 0 spiro atoms. The summed E-state index contributed by atoms with van der Waals surface area (Å²) >= 11 is 0. The molecule has 0 aliphatic heterocycles. The maximum Gasteiger partial charge on any atom is 0.258 e. The van der Waals surface area contributed by atoms with E-state index >= 15 is 0 Å². The van der Waals surface area contributed by atoms with Crippen LogP contribution in [0.2, 0.25) is 0 Å². The molecule has 0 bridgehead atoms. The highest BCUT2D eigenvalue weighted by Crippen LogP contribution is 2.35. The summed E-state index contributed by atoms with van der Waals surface area (Å²) in [7, 11) is 3.10. The second-order valence-electron chi connectivity index (χ2n) is 6.55. The molecule has 6 heteroatoms. The quantitative estimate of drug-likeness (QED) is 0.751. The van der Waals surface area contributed by atoms with Crippen molar-refractivity contribution in [2.45, 2.75) is 18.9 Å². The molecule has 1 aliphatic carbocycles. The van der Waals surface area contributed by atoms with Gasteiger partial charge in [0.15, 0.2) is 0 Å². The van der Waals surface area contributed by atoms with Gasteiger partial charge in [-0.1, -0.05) is 18.2 Å². The van der Waals surface area contributed by atoms with Gasteiger partial charge >= 0.3 is 0 Å². The van der Waals surface area contributed by atoms with Gasteiger partial charge in [-0.15, -0.1) is 0 Å². The average molecular weight is 364 g/mol. The van der Waals surface area contributed by atoms with Crippen molar-refractivity contribution >= 4 is 22.4 Å². The molecule has 1 saturated carbocycles. The minimum atomic E-state index is -0.288. The van der Waals surface area contributed by atoms with E-state index in [1.165, 1.54) is 7.11 Å². The predicted molar refractivity (Wildman–Crippen MR) is 104 cm³/mol. The molecule has 1 fully saturated rings. The lowest BCUT2D eigenvalue weighted by Crippen LogP contribution is -2.23. The maximum atomic E-state index is 13.0. The fourth-order valence-electron chi connectivity index (χ4n) is 3.21. The van der Waals surface area contributed by atoms with Crippen molar-refractivity contribution < 1.29 is 14.3 Å². The first kappa shape index (κ1) is 17.1. The first-order chi connectivity index (χ1) is 13.1. The van der Waals surface area contributed by atoms with Crippen LogP contribution in [0.4, 0.5) is 5.69 Å². The summed E-state index contributed by atoms with van der Waals surface area (Å²) in [5, 5.41) is 4.09. The van der Waals surface area contributed by atoms with Gasteiger partial charge in [0.1, 0.15) is 11.5 Å². The molecule has 2 aromatic carbocycles. The van der Waals surface area contributed by atoms with Gasteiger partial charge in [0.05, 0.1) is 25.5 Å². The van der Waals surface area contributed by atoms with E-state index in [0.717, 1.165) is 12.8 Å². The van der Waals surface area contributed by atoms with Gasteiger partial charge < -0.3 is 19.4 Å². The van der Waals surface area contributed by atoms with Crippen LogP contribution in [0.15, 0.2) is 53.5 Å². The van der Waals surface area contributed by atoms with Crippen molar-refractivity contribution in [2.75, 3.05) is 19.5 Å². The SMILES string of the molecule is COc1ccc(NC(=O)c2cn(C3CC3)c(=O)c3ccccc23)c(OC)c1. The molecular weight excluding hydrogens is 344 g/mol. The summed E-state index contributed by atoms with van der Waals surface area (Å²) in [6, 6.07) is 12.6. The Bertz CT molecular complexity index is 1080. The van der Waals surface area contributed by atoms with Gasteiger partial charge in [-0.05, 0) is 31.0 Å². The van der Waals surface area contributed by atoms with Crippen LogP contribution >= 0.6 is 0 Å². The van der Waals surface area contributed by atoms with Crippen LogP contribution in [0.1, 0.15) is 29.2 Å². The molecule has 1 N–H and O–H groups in total. The van der Waals surface area contributed by atoms with Crippen LogP contribution in [0.25, 0.3) is 10.8 Å². The first-order valence-electron chi connectivity index (χ1n) is 8.79. The normalized spacial score (nSPS) is 13.4. The Labute approximate surface area is 156 Å². The minimum Gasteiger partial charge on any atom is -0.497 e. The van der Waals surface area contributed by atoms with E-state index in [9.17, 15) is 9.59 Å². The van der Waals surface area contributed by atoms with E-state index in [2.05, 4.69) is 5.32 Å². The van der Waals surface area contributed by atoms with Gasteiger partial charge in [0.25, 0.3) is 11.5 Å². The molecule has 4 rings (SSSR count). The highest BCUT2D eigenvalue weighted by atomic mass is 16.5. The third kappa shape index (κ3) is 3.14. The molecule has 27 heavy (non-hydrogen) atoms. The summed E-state index contributed by atoms with van der Waals surface area (Å²) in [4.78, 5) is 25.8. The molecule has 0 atom stereocenters. The van der Waals surface area contributed by atoms with Crippen LogP contribution < -0.4 is 20.3 Å². The molecule has 138 valence electrons. The fraction of sp³-hybridized carbons (Fsp3) is 0.238. The monoisotopic (exact) mass is 364 g/mol. The Balaban J connectivity index is 1.77. The van der Waals surface area contributed by atoms with Crippen molar-refractivity contribution in [3.8, 4) is 11.5 Å². The average Bonchev–Trinajstić information content (AvgIpc) is 3.54. The number of carbonyl (C=O) groups is 1. The van der Waals surface area contributed by atoms with Crippen LogP contribution in [0, 0.1) is 0 Å². The molecule has 1 amide bonds. The number of hydrogen-bond donors (Lipinski definition) is 1. The van der Waals surface area contributed by atoms with Crippen molar-refractivity contribution in [2.24, 2.45) is 0 Å². The molecule has 3 aromatic rings. The lowest BCUT2D eigenvalue weighted by atomic mass is 10.1.